The second kappa shape index (κ2) is 8.52. The van der Waals surface area contributed by atoms with Crippen molar-refractivity contribution >= 4 is 11.0 Å². The van der Waals surface area contributed by atoms with Crippen LogP contribution in [-0.2, 0) is 0 Å². The van der Waals surface area contributed by atoms with Crippen molar-refractivity contribution in [3.8, 4) is 28.7 Å². The number of fused-ring (bicyclic) bond motifs is 3. The lowest BCUT2D eigenvalue weighted by Gasteiger charge is -2.26. The Balaban J connectivity index is 0.00000259. The van der Waals surface area contributed by atoms with Crippen LogP contribution in [-0.4, -0.2) is 12.1 Å². The van der Waals surface area contributed by atoms with E-state index in [-0.39, 0.29) is 24.4 Å². The number of nitrogens with zero attached hydrogens (tertiary/aromatic N) is 2. The highest BCUT2D eigenvalue weighted by Gasteiger charge is 2.35. The number of hydrogen-bond donors (Lipinski definition) is 1. The van der Waals surface area contributed by atoms with E-state index >= 15 is 0 Å². The van der Waals surface area contributed by atoms with Gasteiger partial charge in [-0.3, -0.25) is 4.98 Å². The monoisotopic (exact) mass is 439 g/mol. The first kappa shape index (κ1) is 21.7. The summed E-state index contributed by atoms with van der Waals surface area (Å²) in [4.78, 5) is 17.2. The molecule has 33 heavy (non-hydrogen) atoms. The molecule has 4 aromatic rings. The molecule has 2 N–H and O–H groups in total. The molecule has 0 amide bonds. The number of aromatic nitrogens is 1. The lowest BCUT2D eigenvalue weighted by Crippen LogP contribution is -2.26. The van der Waals surface area contributed by atoms with Gasteiger partial charge in [-0.25, -0.2) is 4.79 Å². The van der Waals surface area contributed by atoms with E-state index in [1.54, 1.807) is 49.8 Å². The predicted octanol–water partition coefficient (Wildman–Crippen LogP) is 4.72. The summed E-state index contributed by atoms with van der Waals surface area (Å²) in [5.41, 5.74) is 8.60. The molecule has 0 saturated carbocycles. The second-order valence-corrected chi connectivity index (χ2v) is 7.25. The van der Waals surface area contributed by atoms with Crippen molar-refractivity contribution in [1.29, 1.82) is 5.26 Å². The number of nitriles is 1. The third-order valence-corrected chi connectivity index (χ3v) is 5.50. The van der Waals surface area contributed by atoms with Crippen LogP contribution in [0.4, 0.5) is 0 Å². The molecule has 3 heterocycles. The number of allylic oxidation sites excluding steroid dienone is 1. The van der Waals surface area contributed by atoms with E-state index in [4.69, 9.17) is 19.6 Å². The minimum absolute atomic E-state index is 0. The van der Waals surface area contributed by atoms with Gasteiger partial charge in [-0.15, -0.1) is 0 Å². The lowest BCUT2D eigenvalue weighted by molar-refractivity contribution is 0.388. The van der Waals surface area contributed by atoms with Gasteiger partial charge in [-0.1, -0.05) is 31.7 Å². The highest BCUT2D eigenvalue weighted by Crippen LogP contribution is 2.45. The Labute approximate surface area is 190 Å². The maximum atomic E-state index is 13.1. The number of para-hydroxylation sites is 1. The molecule has 0 bridgehead atoms. The number of benzene rings is 2. The molecular formula is C26H21N3O4. The van der Waals surface area contributed by atoms with E-state index in [1.165, 1.54) is 0 Å². The summed E-state index contributed by atoms with van der Waals surface area (Å²) in [6, 6.07) is 18.4. The standard InChI is InChI=1S/C25H17N3O4.CH4/c1-30-19-9-8-14(11-17(19)15-5-4-10-28-13-15)21-18(12-26)24(27)32-23-16-6-2-3-7-20(16)31-25(29)22(21)23;/h2-11,13,21H,27H2,1H3;1H4. The summed E-state index contributed by atoms with van der Waals surface area (Å²) < 4.78 is 16.9. The van der Waals surface area contributed by atoms with Crippen LogP contribution in [0.25, 0.3) is 22.1 Å². The zero-order valence-electron chi connectivity index (χ0n) is 17.0. The number of methoxy groups -OCH3 is 1. The van der Waals surface area contributed by atoms with Crippen LogP contribution in [0.1, 0.15) is 24.5 Å². The summed E-state index contributed by atoms with van der Waals surface area (Å²) in [7, 11) is 1.58. The first-order chi connectivity index (χ1) is 15.6. The van der Waals surface area contributed by atoms with E-state index in [9.17, 15) is 10.1 Å². The first-order valence-corrected chi connectivity index (χ1v) is 9.84. The normalized spacial score (nSPS) is 14.6. The lowest BCUT2D eigenvalue weighted by atomic mass is 9.82. The Bertz CT molecular complexity index is 1480. The van der Waals surface area contributed by atoms with Crippen LogP contribution < -0.4 is 20.8 Å². The fraction of sp³-hybridized carbons (Fsp3) is 0.115. The SMILES string of the molecule is C.COc1ccc(C2C(C#N)=C(N)Oc3c2c(=O)oc2ccccc32)cc1-c1cccnc1. The smallest absolute Gasteiger partial charge is 0.344 e. The molecular weight excluding hydrogens is 418 g/mol. The Hall–Kier alpha value is -4.57. The molecule has 1 aliphatic heterocycles. The van der Waals surface area contributed by atoms with Crippen LogP contribution in [0.3, 0.4) is 0 Å². The minimum Gasteiger partial charge on any atom is -0.496 e. The van der Waals surface area contributed by atoms with Gasteiger partial charge in [0.2, 0.25) is 5.88 Å². The molecule has 0 saturated heterocycles. The van der Waals surface area contributed by atoms with Crippen molar-refractivity contribution in [2.75, 3.05) is 7.11 Å². The summed E-state index contributed by atoms with van der Waals surface area (Å²) in [5, 5.41) is 10.5. The van der Waals surface area contributed by atoms with Crippen LogP contribution >= 0.6 is 0 Å². The molecule has 0 aliphatic carbocycles. The molecule has 164 valence electrons. The van der Waals surface area contributed by atoms with Gasteiger partial charge < -0.3 is 19.6 Å². The van der Waals surface area contributed by atoms with Gasteiger partial charge in [-0.2, -0.15) is 5.26 Å². The molecule has 1 atom stereocenters. The molecule has 5 rings (SSSR count). The molecule has 1 aliphatic rings. The van der Waals surface area contributed by atoms with Gasteiger partial charge in [-0.05, 0) is 35.9 Å². The number of pyridine rings is 1. The average molecular weight is 439 g/mol. The molecule has 7 nitrogen and oxygen atoms in total. The third-order valence-electron chi connectivity index (χ3n) is 5.50. The molecule has 0 radical (unpaired) electrons. The summed E-state index contributed by atoms with van der Waals surface area (Å²) in [5.74, 6) is 0.137. The van der Waals surface area contributed by atoms with Crippen molar-refractivity contribution in [3.05, 3.63) is 100.0 Å². The Kier molecular flexibility index (Phi) is 5.59. The molecule has 2 aromatic carbocycles. The van der Waals surface area contributed by atoms with Crippen molar-refractivity contribution in [3.63, 3.8) is 0 Å². The largest absolute Gasteiger partial charge is 0.496 e. The van der Waals surface area contributed by atoms with Crippen molar-refractivity contribution in [2.45, 2.75) is 13.3 Å². The minimum atomic E-state index is -0.758. The maximum absolute atomic E-state index is 13.1. The predicted molar refractivity (Wildman–Crippen MR) is 125 cm³/mol. The summed E-state index contributed by atoms with van der Waals surface area (Å²) >= 11 is 0. The fourth-order valence-corrected chi connectivity index (χ4v) is 4.05. The number of nitrogens with two attached hydrogens (primary N) is 1. The second-order valence-electron chi connectivity index (χ2n) is 7.25. The number of rotatable bonds is 3. The van der Waals surface area contributed by atoms with Gasteiger partial charge in [0.25, 0.3) is 0 Å². The van der Waals surface area contributed by atoms with Crippen molar-refractivity contribution in [1.82, 2.24) is 4.98 Å². The zero-order chi connectivity index (χ0) is 22.2. The highest BCUT2D eigenvalue weighted by molar-refractivity contribution is 5.86. The van der Waals surface area contributed by atoms with E-state index in [0.717, 1.165) is 11.1 Å². The van der Waals surface area contributed by atoms with Gasteiger partial charge in [0.15, 0.2) is 5.75 Å². The summed E-state index contributed by atoms with van der Waals surface area (Å²) in [6.45, 7) is 0. The van der Waals surface area contributed by atoms with Crippen LogP contribution in [0.2, 0.25) is 0 Å². The summed E-state index contributed by atoms with van der Waals surface area (Å²) in [6.07, 6.45) is 3.40. The molecule has 7 heteroatoms. The van der Waals surface area contributed by atoms with Crippen LogP contribution in [0, 0.1) is 11.3 Å². The average Bonchev–Trinajstić information content (AvgIpc) is 2.83. The van der Waals surface area contributed by atoms with Gasteiger partial charge >= 0.3 is 5.63 Å². The zero-order valence-corrected chi connectivity index (χ0v) is 17.0. The first-order valence-electron chi connectivity index (χ1n) is 9.84. The topological polar surface area (TPSA) is 111 Å². The Morgan fingerprint density at radius 3 is 2.70 bits per heavy atom. The van der Waals surface area contributed by atoms with Crippen LogP contribution in [0.15, 0.2) is 87.7 Å². The number of hydrogen-bond acceptors (Lipinski definition) is 7. The van der Waals surface area contributed by atoms with E-state index in [2.05, 4.69) is 11.1 Å². The Morgan fingerprint density at radius 1 is 1.15 bits per heavy atom. The van der Waals surface area contributed by atoms with Gasteiger partial charge in [0, 0.05) is 23.5 Å². The van der Waals surface area contributed by atoms with E-state index in [0.29, 0.717) is 28.0 Å². The van der Waals surface area contributed by atoms with Crippen molar-refractivity contribution in [2.24, 2.45) is 5.73 Å². The number of ether oxygens (including phenoxy) is 2. The molecule has 1 unspecified atom stereocenters. The van der Waals surface area contributed by atoms with Gasteiger partial charge in [0.1, 0.15) is 23.0 Å². The molecule has 2 aromatic heterocycles. The molecule has 0 fully saturated rings. The van der Waals surface area contributed by atoms with E-state index < -0.39 is 11.5 Å². The third kappa shape index (κ3) is 3.48. The maximum Gasteiger partial charge on any atom is 0.344 e. The molecule has 0 spiro atoms. The highest BCUT2D eigenvalue weighted by atomic mass is 16.5. The fourth-order valence-electron chi connectivity index (χ4n) is 4.05. The Morgan fingerprint density at radius 2 is 1.97 bits per heavy atom. The van der Waals surface area contributed by atoms with Crippen LogP contribution in [0.5, 0.6) is 11.5 Å². The van der Waals surface area contributed by atoms with Crippen molar-refractivity contribution < 1.29 is 13.9 Å². The van der Waals surface area contributed by atoms with Gasteiger partial charge in [0.05, 0.1) is 24.0 Å². The quantitative estimate of drug-likeness (QED) is 0.460. The van der Waals surface area contributed by atoms with E-state index in [1.807, 2.05) is 24.3 Å².